The van der Waals surface area contributed by atoms with Gasteiger partial charge in [0.05, 0.1) is 18.7 Å². The number of ether oxygens (including phenoxy) is 2. The Balaban J connectivity index is 1.77. The minimum absolute atomic E-state index is 0.111. The lowest BCUT2D eigenvalue weighted by molar-refractivity contribution is 0.0283. The van der Waals surface area contributed by atoms with E-state index < -0.39 is 0 Å². The van der Waals surface area contributed by atoms with Crippen LogP contribution in [0.4, 0.5) is 0 Å². The quantitative estimate of drug-likeness (QED) is 0.461. The highest BCUT2D eigenvalue weighted by Gasteiger charge is 2.29. The van der Waals surface area contributed by atoms with Gasteiger partial charge in [0.2, 0.25) is 0 Å². The van der Waals surface area contributed by atoms with E-state index in [1.165, 1.54) is 0 Å². The number of hydrogen-bond donors (Lipinski definition) is 2. The Hall–Kier alpha value is -1.75. The molecule has 5 nitrogen and oxygen atoms in total. The van der Waals surface area contributed by atoms with E-state index >= 15 is 0 Å². The van der Waals surface area contributed by atoms with Gasteiger partial charge in [-0.3, -0.25) is 4.99 Å². The second-order valence-electron chi connectivity index (χ2n) is 6.14. The topological polar surface area (TPSA) is 54.9 Å². The summed E-state index contributed by atoms with van der Waals surface area (Å²) in [5.41, 5.74) is 1.04. The van der Waals surface area contributed by atoms with Crippen molar-refractivity contribution < 1.29 is 9.47 Å². The van der Waals surface area contributed by atoms with Gasteiger partial charge < -0.3 is 20.1 Å². The van der Waals surface area contributed by atoms with Crippen LogP contribution >= 0.6 is 0 Å². The lowest BCUT2D eigenvalue weighted by atomic mass is 10.0. The first kappa shape index (κ1) is 17.6. The maximum Gasteiger partial charge on any atom is 0.191 e. The Morgan fingerprint density at radius 1 is 1.35 bits per heavy atom. The molecule has 1 unspecified atom stereocenters. The van der Waals surface area contributed by atoms with E-state index in [0.717, 1.165) is 43.3 Å². The van der Waals surface area contributed by atoms with Crippen molar-refractivity contribution in [3.63, 3.8) is 0 Å². The van der Waals surface area contributed by atoms with Gasteiger partial charge in [-0.25, -0.2) is 0 Å². The van der Waals surface area contributed by atoms with Crippen LogP contribution in [0.5, 0.6) is 5.75 Å². The molecule has 0 aliphatic carbocycles. The van der Waals surface area contributed by atoms with E-state index in [9.17, 15) is 0 Å². The molecule has 2 rings (SSSR count). The molecule has 1 atom stereocenters. The van der Waals surface area contributed by atoms with Crippen LogP contribution in [0.15, 0.2) is 29.3 Å². The number of hydrogen-bond acceptors (Lipinski definition) is 3. The number of para-hydroxylation sites is 1. The molecule has 1 aromatic carbocycles. The molecule has 1 fully saturated rings. The smallest absolute Gasteiger partial charge is 0.191 e. The second kappa shape index (κ2) is 8.77. The zero-order valence-corrected chi connectivity index (χ0v) is 14.5. The molecule has 0 saturated carbocycles. The summed E-state index contributed by atoms with van der Waals surface area (Å²) in [6, 6.07) is 8.05. The van der Waals surface area contributed by atoms with E-state index in [4.69, 9.17) is 9.47 Å². The van der Waals surface area contributed by atoms with Crippen molar-refractivity contribution in [3.8, 4) is 5.75 Å². The molecule has 2 N–H and O–H groups in total. The van der Waals surface area contributed by atoms with Crippen LogP contribution in [-0.2, 0) is 4.74 Å². The van der Waals surface area contributed by atoms with Crippen LogP contribution < -0.4 is 15.4 Å². The first-order chi connectivity index (χ1) is 11.1. The molecule has 1 aliphatic heterocycles. The highest BCUT2D eigenvalue weighted by Crippen LogP contribution is 2.24. The Morgan fingerprint density at radius 2 is 2.17 bits per heavy atom. The van der Waals surface area contributed by atoms with Crippen LogP contribution in [0.3, 0.4) is 0 Å². The normalized spacial score (nSPS) is 21.3. The number of rotatable bonds is 7. The number of benzene rings is 1. The van der Waals surface area contributed by atoms with E-state index in [1.54, 1.807) is 0 Å². The lowest BCUT2D eigenvalue weighted by Gasteiger charge is -2.21. The fourth-order valence-corrected chi connectivity index (χ4v) is 2.60. The molecular weight excluding hydrogens is 290 g/mol. The predicted octanol–water partition coefficient (Wildman–Crippen LogP) is 2.50. The van der Waals surface area contributed by atoms with Crippen LogP contribution in [0.25, 0.3) is 0 Å². The Bertz CT molecular complexity index is 511. The van der Waals surface area contributed by atoms with Crippen molar-refractivity contribution in [3.05, 3.63) is 29.8 Å². The van der Waals surface area contributed by atoms with Gasteiger partial charge in [0.25, 0.3) is 0 Å². The molecule has 0 radical (unpaired) electrons. The molecule has 23 heavy (non-hydrogen) atoms. The summed E-state index contributed by atoms with van der Waals surface area (Å²) in [4.78, 5) is 4.64. The zero-order valence-electron chi connectivity index (χ0n) is 14.5. The number of aryl methyl sites for hydroxylation is 1. The van der Waals surface area contributed by atoms with Crippen LogP contribution in [-0.4, -0.2) is 44.4 Å². The molecule has 1 heterocycles. The van der Waals surface area contributed by atoms with Crippen molar-refractivity contribution in [1.82, 2.24) is 10.6 Å². The number of nitrogens with zero attached hydrogens (tertiary/aromatic N) is 1. The maximum absolute atomic E-state index is 5.79. The summed E-state index contributed by atoms with van der Waals surface area (Å²) in [6.45, 7) is 9.92. The molecular formula is C18H29N3O2. The molecule has 0 aromatic heterocycles. The van der Waals surface area contributed by atoms with Crippen molar-refractivity contribution in [2.45, 2.75) is 39.2 Å². The Kier molecular flexibility index (Phi) is 6.71. The maximum atomic E-state index is 5.79. The molecule has 1 aromatic rings. The van der Waals surface area contributed by atoms with E-state index in [-0.39, 0.29) is 5.60 Å². The zero-order chi connectivity index (χ0) is 16.5. The number of aliphatic imine (C=N–C) groups is 1. The van der Waals surface area contributed by atoms with Gasteiger partial charge in [0.1, 0.15) is 12.4 Å². The summed E-state index contributed by atoms with van der Waals surface area (Å²) in [6.07, 6.45) is 2.20. The van der Waals surface area contributed by atoms with Gasteiger partial charge in [-0.05, 0) is 45.2 Å². The minimum Gasteiger partial charge on any atom is -0.491 e. The lowest BCUT2D eigenvalue weighted by Crippen LogP contribution is -2.40. The molecule has 0 amide bonds. The third kappa shape index (κ3) is 5.75. The third-order valence-corrected chi connectivity index (χ3v) is 3.96. The van der Waals surface area contributed by atoms with E-state index in [1.807, 2.05) is 18.2 Å². The molecule has 0 bridgehead atoms. The first-order valence-electron chi connectivity index (χ1n) is 8.47. The van der Waals surface area contributed by atoms with Crippen LogP contribution in [0.1, 0.15) is 32.3 Å². The monoisotopic (exact) mass is 319 g/mol. The molecule has 128 valence electrons. The fourth-order valence-electron chi connectivity index (χ4n) is 2.60. The van der Waals surface area contributed by atoms with Gasteiger partial charge in [-0.15, -0.1) is 0 Å². The SMILES string of the molecule is CCNC(=NCC1(C)CCCO1)NCCOc1ccccc1C. The van der Waals surface area contributed by atoms with Crippen molar-refractivity contribution in [2.24, 2.45) is 4.99 Å². The van der Waals surface area contributed by atoms with Gasteiger partial charge >= 0.3 is 0 Å². The average molecular weight is 319 g/mol. The molecule has 1 saturated heterocycles. The summed E-state index contributed by atoms with van der Waals surface area (Å²) in [5, 5.41) is 6.57. The average Bonchev–Trinajstić information content (AvgIpc) is 2.98. The Morgan fingerprint density at radius 3 is 2.87 bits per heavy atom. The highest BCUT2D eigenvalue weighted by atomic mass is 16.5. The molecule has 1 aliphatic rings. The second-order valence-corrected chi connectivity index (χ2v) is 6.14. The van der Waals surface area contributed by atoms with E-state index in [0.29, 0.717) is 19.7 Å². The minimum atomic E-state index is -0.111. The van der Waals surface area contributed by atoms with Crippen molar-refractivity contribution in [2.75, 3.05) is 32.8 Å². The van der Waals surface area contributed by atoms with E-state index in [2.05, 4.69) is 42.5 Å². The van der Waals surface area contributed by atoms with Gasteiger partial charge in [-0.2, -0.15) is 0 Å². The van der Waals surface area contributed by atoms with Gasteiger partial charge in [0.15, 0.2) is 5.96 Å². The van der Waals surface area contributed by atoms with Crippen molar-refractivity contribution in [1.29, 1.82) is 0 Å². The number of nitrogens with one attached hydrogen (secondary N) is 2. The predicted molar refractivity (Wildman–Crippen MR) is 94.2 cm³/mol. The van der Waals surface area contributed by atoms with Crippen LogP contribution in [0.2, 0.25) is 0 Å². The fraction of sp³-hybridized carbons (Fsp3) is 0.611. The van der Waals surface area contributed by atoms with Crippen molar-refractivity contribution >= 4 is 5.96 Å². The summed E-state index contributed by atoms with van der Waals surface area (Å²) < 4.78 is 11.6. The largest absolute Gasteiger partial charge is 0.491 e. The molecule has 5 heteroatoms. The summed E-state index contributed by atoms with van der Waals surface area (Å²) >= 11 is 0. The molecule has 0 spiro atoms. The summed E-state index contributed by atoms with van der Waals surface area (Å²) in [5.74, 6) is 1.75. The summed E-state index contributed by atoms with van der Waals surface area (Å²) in [7, 11) is 0. The first-order valence-corrected chi connectivity index (χ1v) is 8.47. The standard InChI is InChI=1S/C18H29N3O2/c1-4-19-17(21-14-18(3)10-7-12-23-18)20-11-13-22-16-9-6-5-8-15(16)2/h5-6,8-9H,4,7,10-14H2,1-3H3,(H2,19,20,21). The van der Waals surface area contributed by atoms with Gasteiger partial charge in [0, 0.05) is 13.2 Å². The van der Waals surface area contributed by atoms with Gasteiger partial charge in [-0.1, -0.05) is 18.2 Å². The highest BCUT2D eigenvalue weighted by molar-refractivity contribution is 5.79. The van der Waals surface area contributed by atoms with Crippen LogP contribution in [0, 0.1) is 6.92 Å². The Labute approximate surface area is 139 Å². The third-order valence-electron chi connectivity index (χ3n) is 3.96. The number of guanidine groups is 1.